The zero-order chi connectivity index (χ0) is 23.8. The molecule has 0 radical (unpaired) electrons. The highest BCUT2D eigenvalue weighted by atomic mass is 35.5. The number of hydrogen-bond acceptors (Lipinski definition) is 5. The van der Waals surface area contributed by atoms with E-state index in [2.05, 4.69) is 23.8 Å². The van der Waals surface area contributed by atoms with Gasteiger partial charge in [0.05, 0.1) is 16.1 Å². The number of ether oxygens (including phenoxy) is 1. The van der Waals surface area contributed by atoms with Crippen molar-refractivity contribution in [2.75, 3.05) is 0 Å². The molecule has 0 saturated heterocycles. The third-order valence-corrected chi connectivity index (χ3v) is 6.94. The Morgan fingerprint density at radius 2 is 1.74 bits per heavy atom. The Morgan fingerprint density at radius 1 is 1.03 bits per heavy atom. The minimum atomic E-state index is -4.19. The first-order valence-electron chi connectivity index (χ1n) is 9.92. The van der Waals surface area contributed by atoms with Crippen LogP contribution in [0.5, 0.6) is 11.8 Å². The number of rotatable bonds is 6. The molecule has 1 amide bonds. The van der Waals surface area contributed by atoms with Crippen molar-refractivity contribution in [3.63, 3.8) is 0 Å². The van der Waals surface area contributed by atoms with Crippen LogP contribution in [0.25, 0.3) is 11.0 Å². The van der Waals surface area contributed by atoms with Gasteiger partial charge in [-0.1, -0.05) is 49.2 Å². The van der Waals surface area contributed by atoms with E-state index in [9.17, 15) is 13.2 Å². The first kappa shape index (κ1) is 25.8. The number of nitrogens with zero attached hydrogens (tertiary/aromatic N) is 1. The standard InChI is InChI=1S/C23H19Cl2N3O4S.ClH/c1-13(2)14-3-7-17(8-4-14)32-23-26-19-9-5-15(11-20(19)27-23)22(29)28-33(30,31)21-10-6-16(24)12-18(21)25;/h3-13H,1-2H3,(H,26,27)(H,28,29);1H. The van der Waals surface area contributed by atoms with E-state index in [4.69, 9.17) is 27.9 Å². The average molecular weight is 541 g/mol. The molecule has 3 aromatic carbocycles. The fraction of sp³-hybridized carbons (Fsp3) is 0.130. The molecule has 0 aliphatic rings. The number of sulfonamides is 1. The van der Waals surface area contributed by atoms with Gasteiger partial charge in [-0.2, -0.15) is 4.98 Å². The van der Waals surface area contributed by atoms with Crippen molar-refractivity contribution >= 4 is 62.6 Å². The summed E-state index contributed by atoms with van der Waals surface area (Å²) in [4.78, 5) is 19.7. The van der Waals surface area contributed by atoms with Crippen LogP contribution in [-0.4, -0.2) is 24.3 Å². The summed E-state index contributed by atoms with van der Waals surface area (Å²) in [6.07, 6.45) is 0. The summed E-state index contributed by atoms with van der Waals surface area (Å²) >= 11 is 11.8. The number of aromatic nitrogens is 2. The molecular formula is C23H20Cl3N3O4S. The van der Waals surface area contributed by atoms with Crippen molar-refractivity contribution in [1.29, 1.82) is 0 Å². The van der Waals surface area contributed by atoms with E-state index in [1.54, 1.807) is 6.07 Å². The van der Waals surface area contributed by atoms with Gasteiger partial charge in [-0.3, -0.25) is 4.79 Å². The molecule has 1 heterocycles. The maximum atomic E-state index is 12.6. The molecule has 0 aliphatic heterocycles. The summed E-state index contributed by atoms with van der Waals surface area (Å²) in [7, 11) is -4.19. The predicted molar refractivity (Wildman–Crippen MR) is 135 cm³/mol. The highest BCUT2D eigenvalue weighted by molar-refractivity contribution is 7.90. The topological polar surface area (TPSA) is 101 Å². The molecule has 4 aromatic rings. The highest BCUT2D eigenvalue weighted by Crippen LogP contribution is 2.26. The van der Waals surface area contributed by atoms with E-state index >= 15 is 0 Å². The number of aromatic amines is 1. The van der Waals surface area contributed by atoms with Crippen LogP contribution in [0.3, 0.4) is 0 Å². The van der Waals surface area contributed by atoms with E-state index in [1.807, 2.05) is 29.0 Å². The van der Waals surface area contributed by atoms with Crippen LogP contribution in [0.15, 0.2) is 65.6 Å². The Hall–Kier alpha value is -2.78. The summed E-state index contributed by atoms with van der Waals surface area (Å²) in [6.45, 7) is 4.22. The van der Waals surface area contributed by atoms with E-state index in [1.165, 1.54) is 35.9 Å². The Kier molecular flexibility index (Phi) is 7.77. The number of amides is 1. The highest BCUT2D eigenvalue weighted by Gasteiger charge is 2.22. The molecule has 0 saturated carbocycles. The number of H-pyrrole nitrogens is 1. The normalized spacial score (nSPS) is 11.3. The summed E-state index contributed by atoms with van der Waals surface area (Å²) in [6, 6.07) is 16.4. The van der Waals surface area contributed by atoms with Crippen LogP contribution in [-0.2, 0) is 10.0 Å². The second-order valence-electron chi connectivity index (χ2n) is 7.61. The largest absolute Gasteiger partial charge is 0.426 e. The summed E-state index contributed by atoms with van der Waals surface area (Å²) in [5, 5.41) is 0.193. The van der Waals surface area contributed by atoms with Gasteiger partial charge in [0.1, 0.15) is 10.6 Å². The van der Waals surface area contributed by atoms with Crippen LogP contribution in [0.2, 0.25) is 10.0 Å². The second-order valence-corrected chi connectivity index (χ2v) is 10.1. The average Bonchev–Trinajstić information content (AvgIpc) is 3.14. The molecule has 4 rings (SSSR count). The van der Waals surface area contributed by atoms with Gasteiger partial charge in [-0.05, 0) is 60.0 Å². The van der Waals surface area contributed by atoms with Crippen LogP contribution in [0.4, 0.5) is 0 Å². The molecule has 0 spiro atoms. The molecule has 7 nitrogen and oxygen atoms in total. The molecule has 0 fully saturated rings. The van der Waals surface area contributed by atoms with Gasteiger partial charge in [0.2, 0.25) is 0 Å². The summed E-state index contributed by atoms with van der Waals surface area (Å²) < 4.78 is 33.0. The molecule has 0 bridgehead atoms. The number of halogens is 3. The van der Waals surface area contributed by atoms with E-state index in [0.29, 0.717) is 22.7 Å². The predicted octanol–water partition coefficient (Wildman–Crippen LogP) is 6.33. The van der Waals surface area contributed by atoms with Crippen molar-refractivity contribution in [2.45, 2.75) is 24.7 Å². The zero-order valence-corrected chi connectivity index (χ0v) is 21.1. The van der Waals surface area contributed by atoms with Crippen LogP contribution in [0.1, 0.15) is 35.7 Å². The lowest BCUT2D eigenvalue weighted by Gasteiger charge is -2.08. The molecule has 0 aliphatic carbocycles. The van der Waals surface area contributed by atoms with Gasteiger partial charge < -0.3 is 9.72 Å². The minimum absolute atomic E-state index is 0. The molecule has 0 unspecified atom stereocenters. The Bertz CT molecular complexity index is 1450. The molecule has 34 heavy (non-hydrogen) atoms. The van der Waals surface area contributed by atoms with Crippen LogP contribution >= 0.6 is 35.6 Å². The van der Waals surface area contributed by atoms with Gasteiger partial charge in [0.15, 0.2) is 0 Å². The lowest BCUT2D eigenvalue weighted by Crippen LogP contribution is -2.30. The lowest BCUT2D eigenvalue weighted by atomic mass is 10.0. The lowest BCUT2D eigenvalue weighted by molar-refractivity contribution is 0.0981. The SMILES string of the molecule is CC(C)c1ccc(Oc2nc3ccc(C(=O)NS(=O)(=O)c4ccc(Cl)cc4Cl)cc3[nH]2)cc1.Cl. The molecule has 0 atom stereocenters. The van der Waals surface area contributed by atoms with Crippen molar-refractivity contribution in [1.82, 2.24) is 14.7 Å². The van der Waals surface area contributed by atoms with E-state index < -0.39 is 15.9 Å². The third kappa shape index (κ3) is 5.64. The summed E-state index contributed by atoms with van der Waals surface area (Å²) in [5.74, 6) is 0.209. The van der Waals surface area contributed by atoms with Crippen LogP contribution in [0, 0.1) is 0 Å². The quantitative estimate of drug-likeness (QED) is 0.298. The third-order valence-electron chi connectivity index (χ3n) is 4.89. The Morgan fingerprint density at radius 3 is 2.38 bits per heavy atom. The maximum absolute atomic E-state index is 12.6. The molecule has 178 valence electrons. The van der Waals surface area contributed by atoms with E-state index in [0.717, 1.165) is 0 Å². The second kappa shape index (κ2) is 10.2. The number of carbonyl (C=O) groups excluding carboxylic acids is 1. The van der Waals surface area contributed by atoms with Crippen LogP contribution < -0.4 is 9.46 Å². The zero-order valence-electron chi connectivity index (χ0n) is 18.0. The van der Waals surface area contributed by atoms with Crippen molar-refractivity contribution in [3.8, 4) is 11.8 Å². The number of benzene rings is 3. The Labute approximate surface area is 212 Å². The molecule has 1 aromatic heterocycles. The smallest absolute Gasteiger partial charge is 0.300 e. The fourth-order valence-electron chi connectivity index (χ4n) is 3.14. The minimum Gasteiger partial charge on any atom is -0.426 e. The fourth-order valence-corrected chi connectivity index (χ4v) is 4.89. The molecular weight excluding hydrogens is 521 g/mol. The number of nitrogens with one attached hydrogen (secondary N) is 2. The number of fused-ring (bicyclic) bond motifs is 1. The van der Waals surface area contributed by atoms with Gasteiger partial charge in [0.25, 0.3) is 21.9 Å². The van der Waals surface area contributed by atoms with E-state index in [-0.39, 0.29) is 38.9 Å². The maximum Gasteiger partial charge on any atom is 0.300 e. The van der Waals surface area contributed by atoms with Gasteiger partial charge >= 0.3 is 0 Å². The molecule has 11 heteroatoms. The number of imidazole rings is 1. The summed E-state index contributed by atoms with van der Waals surface area (Å²) in [5.41, 5.74) is 2.38. The monoisotopic (exact) mass is 539 g/mol. The first-order chi connectivity index (χ1) is 15.6. The Balaban J connectivity index is 0.00000324. The van der Waals surface area contributed by atoms with Crippen molar-refractivity contribution < 1.29 is 17.9 Å². The van der Waals surface area contributed by atoms with Gasteiger partial charge in [0, 0.05) is 10.6 Å². The number of carbonyl (C=O) groups is 1. The first-order valence-corrected chi connectivity index (χ1v) is 12.2. The van der Waals surface area contributed by atoms with Crippen molar-refractivity contribution in [2.24, 2.45) is 0 Å². The number of hydrogen-bond donors (Lipinski definition) is 2. The van der Waals surface area contributed by atoms with Gasteiger partial charge in [-0.15, -0.1) is 12.4 Å². The van der Waals surface area contributed by atoms with Gasteiger partial charge in [-0.25, -0.2) is 13.1 Å². The van der Waals surface area contributed by atoms with Crippen molar-refractivity contribution in [3.05, 3.63) is 81.8 Å². The molecule has 2 N–H and O–H groups in total.